The minimum absolute atomic E-state index is 0.00309. The standard InChI is InChI=1S/C11H12ClF2N3/c1-6(13)11(2,3)9-4-7(14)8-5-15-10(12)16-17(8)9/h4-6H,1-3H3. The minimum Gasteiger partial charge on any atom is -0.247 e. The predicted molar refractivity (Wildman–Crippen MR) is 61.6 cm³/mol. The van der Waals surface area contributed by atoms with Gasteiger partial charge in [-0.1, -0.05) is 13.8 Å². The van der Waals surface area contributed by atoms with E-state index in [1.165, 1.54) is 23.7 Å². The van der Waals surface area contributed by atoms with E-state index in [1.54, 1.807) is 13.8 Å². The molecule has 92 valence electrons. The lowest BCUT2D eigenvalue weighted by Crippen LogP contribution is -2.29. The summed E-state index contributed by atoms with van der Waals surface area (Å²) in [6, 6.07) is 1.27. The van der Waals surface area contributed by atoms with Crippen LogP contribution in [-0.4, -0.2) is 20.8 Å². The number of aromatic nitrogens is 3. The summed E-state index contributed by atoms with van der Waals surface area (Å²) < 4.78 is 28.6. The molecule has 17 heavy (non-hydrogen) atoms. The van der Waals surface area contributed by atoms with Crippen LogP contribution in [0.1, 0.15) is 26.5 Å². The average molecular weight is 260 g/mol. The maximum Gasteiger partial charge on any atom is 0.241 e. The third-order valence-corrected chi connectivity index (χ3v) is 3.27. The second-order valence-corrected chi connectivity index (χ2v) is 4.88. The lowest BCUT2D eigenvalue weighted by molar-refractivity contribution is 0.230. The lowest BCUT2D eigenvalue weighted by Gasteiger charge is -2.25. The van der Waals surface area contributed by atoms with Crippen LogP contribution in [0.25, 0.3) is 5.52 Å². The van der Waals surface area contributed by atoms with Crippen LogP contribution in [0.2, 0.25) is 5.28 Å². The fourth-order valence-electron chi connectivity index (χ4n) is 1.60. The zero-order chi connectivity index (χ0) is 12.8. The third-order valence-electron chi connectivity index (χ3n) is 3.10. The van der Waals surface area contributed by atoms with E-state index in [0.29, 0.717) is 5.69 Å². The molecule has 1 unspecified atom stereocenters. The molecular weight excluding hydrogens is 248 g/mol. The van der Waals surface area contributed by atoms with Crippen molar-refractivity contribution in [2.24, 2.45) is 0 Å². The summed E-state index contributed by atoms with van der Waals surface area (Å²) >= 11 is 5.67. The summed E-state index contributed by atoms with van der Waals surface area (Å²) in [6.45, 7) is 4.81. The van der Waals surface area contributed by atoms with Crippen molar-refractivity contribution in [1.82, 2.24) is 14.6 Å². The van der Waals surface area contributed by atoms with Gasteiger partial charge in [0.2, 0.25) is 5.28 Å². The Morgan fingerprint density at radius 3 is 2.71 bits per heavy atom. The lowest BCUT2D eigenvalue weighted by atomic mass is 9.85. The van der Waals surface area contributed by atoms with E-state index in [2.05, 4.69) is 10.1 Å². The van der Waals surface area contributed by atoms with Crippen molar-refractivity contribution in [2.45, 2.75) is 32.4 Å². The van der Waals surface area contributed by atoms with Crippen molar-refractivity contribution >= 4 is 17.1 Å². The Kier molecular flexibility index (Phi) is 2.81. The van der Waals surface area contributed by atoms with Gasteiger partial charge in [-0.05, 0) is 24.6 Å². The quantitative estimate of drug-likeness (QED) is 0.829. The number of halogens is 3. The van der Waals surface area contributed by atoms with Gasteiger partial charge in [0.15, 0.2) is 5.82 Å². The first-order valence-corrected chi connectivity index (χ1v) is 5.56. The first-order chi connectivity index (χ1) is 7.84. The van der Waals surface area contributed by atoms with E-state index in [4.69, 9.17) is 11.6 Å². The second kappa shape index (κ2) is 3.91. The van der Waals surface area contributed by atoms with Crippen LogP contribution in [0.5, 0.6) is 0 Å². The van der Waals surface area contributed by atoms with E-state index in [-0.39, 0.29) is 10.8 Å². The number of hydrogen-bond acceptors (Lipinski definition) is 2. The fourth-order valence-corrected chi connectivity index (χ4v) is 1.72. The van der Waals surface area contributed by atoms with Crippen LogP contribution in [0, 0.1) is 5.82 Å². The molecule has 0 N–H and O–H groups in total. The van der Waals surface area contributed by atoms with Gasteiger partial charge >= 0.3 is 0 Å². The molecule has 3 nitrogen and oxygen atoms in total. The Bertz CT molecular complexity index is 563. The molecule has 0 aromatic carbocycles. The van der Waals surface area contributed by atoms with Crippen LogP contribution in [-0.2, 0) is 5.41 Å². The molecule has 0 aliphatic heterocycles. The Balaban J connectivity index is 2.74. The predicted octanol–water partition coefficient (Wildman–Crippen LogP) is 3.16. The number of fused-ring (bicyclic) bond motifs is 1. The molecule has 0 fully saturated rings. The second-order valence-electron chi connectivity index (χ2n) is 4.54. The topological polar surface area (TPSA) is 30.2 Å². The summed E-state index contributed by atoms with van der Waals surface area (Å²) in [5.74, 6) is -0.481. The molecule has 1 atom stereocenters. The maximum atomic E-state index is 13.7. The molecule has 2 rings (SSSR count). The van der Waals surface area contributed by atoms with Gasteiger partial charge in [-0.3, -0.25) is 0 Å². The van der Waals surface area contributed by atoms with Crippen molar-refractivity contribution in [2.75, 3.05) is 0 Å². The van der Waals surface area contributed by atoms with Gasteiger partial charge in [0, 0.05) is 5.41 Å². The van der Waals surface area contributed by atoms with Crippen LogP contribution >= 0.6 is 11.6 Å². The van der Waals surface area contributed by atoms with Crippen molar-refractivity contribution < 1.29 is 8.78 Å². The molecule has 0 amide bonds. The van der Waals surface area contributed by atoms with Gasteiger partial charge in [0.05, 0.1) is 11.9 Å². The minimum atomic E-state index is -1.14. The molecule has 0 spiro atoms. The number of rotatable bonds is 2. The Morgan fingerprint density at radius 2 is 2.12 bits per heavy atom. The summed E-state index contributed by atoms with van der Waals surface area (Å²) in [5, 5.41) is 3.91. The monoisotopic (exact) mass is 259 g/mol. The number of hydrogen-bond donors (Lipinski definition) is 0. The third kappa shape index (κ3) is 1.88. The van der Waals surface area contributed by atoms with E-state index in [1.807, 2.05) is 0 Å². The Labute approximate surface area is 102 Å². The molecule has 0 saturated carbocycles. The summed E-state index contributed by atoms with van der Waals surface area (Å²) in [5.41, 5.74) is -0.229. The summed E-state index contributed by atoms with van der Waals surface area (Å²) in [7, 11) is 0. The van der Waals surface area contributed by atoms with Crippen molar-refractivity contribution in [1.29, 1.82) is 0 Å². The molecule has 2 heterocycles. The molecule has 0 aliphatic carbocycles. The summed E-state index contributed by atoms with van der Waals surface area (Å²) in [6.07, 6.45) is 0.140. The van der Waals surface area contributed by atoms with E-state index < -0.39 is 17.4 Å². The van der Waals surface area contributed by atoms with Crippen LogP contribution < -0.4 is 0 Å². The maximum absolute atomic E-state index is 13.7. The highest BCUT2D eigenvalue weighted by Gasteiger charge is 2.32. The van der Waals surface area contributed by atoms with Gasteiger partial charge in [0.1, 0.15) is 11.7 Å². The molecule has 0 aliphatic rings. The summed E-state index contributed by atoms with van der Waals surface area (Å²) in [4.78, 5) is 3.71. The van der Waals surface area contributed by atoms with E-state index >= 15 is 0 Å². The normalized spacial score (nSPS) is 14.2. The van der Waals surface area contributed by atoms with Gasteiger partial charge in [-0.15, -0.1) is 5.10 Å². The molecular formula is C11H12ClF2N3. The number of alkyl halides is 1. The number of nitrogens with zero attached hydrogens (tertiary/aromatic N) is 3. The molecule has 0 saturated heterocycles. The highest BCUT2D eigenvalue weighted by molar-refractivity contribution is 6.28. The SMILES string of the molecule is CC(F)C(C)(C)c1cc(F)c2cnc(Cl)nn12. The van der Waals surface area contributed by atoms with Gasteiger partial charge in [0.25, 0.3) is 0 Å². The van der Waals surface area contributed by atoms with Gasteiger partial charge in [-0.2, -0.15) is 0 Å². The highest BCUT2D eigenvalue weighted by Crippen LogP contribution is 2.31. The van der Waals surface area contributed by atoms with Crippen molar-refractivity contribution in [3.63, 3.8) is 0 Å². The largest absolute Gasteiger partial charge is 0.247 e. The highest BCUT2D eigenvalue weighted by atomic mass is 35.5. The zero-order valence-electron chi connectivity index (χ0n) is 9.71. The molecule has 6 heteroatoms. The Hall–Kier alpha value is -1.23. The van der Waals surface area contributed by atoms with Crippen molar-refractivity contribution in [3.05, 3.63) is 29.1 Å². The van der Waals surface area contributed by atoms with Crippen LogP contribution in [0.15, 0.2) is 12.3 Å². The van der Waals surface area contributed by atoms with E-state index in [0.717, 1.165) is 0 Å². The first-order valence-electron chi connectivity index (χ1n) is 5.18. The molecule has 0 radical (unpaired) electrons. The smallest absolute Gasteiger partial charge is 0.241 e. The average Bonchev–Trinajstić information content (AvgIpc) is 2.56. The fraction of sp³-hybridized carbons (Fsp3) is 0.455. The van der Waals surface area contributed by atoms with Gasteiger partial charge in [-0.25, -0.2) is 18.3 Å². The molecule has 2 aromatic heterocycles. The molecule has 0 bridgehead atoms. The van der Waals surface area contributed by atoms with E-state index in [9.17, 15) is 8.78 Å². The van der Waals surface area contributed by atoms with Gasteiger partial charge < -0.3 is 0 Å². The zero-order valence-corrected chi connectivity index (χ0v) is 10.5. The van der Waals surface area contributed by atoms with Crippen LogP contribution in [0.4, 0.5) is 8.78 Å². The van der Waals surface area contributed by atoms with Crippen molar-refractivity contribution in [3.8, 4) is 0 Å². The Morgan fingerprint density at radius 1 is 1.47 bits per heavy atom. The first kappa shape index (κ1) is 12.2. The molecule has 2 aromatic rings. The van der Waals surface area contributed by atoms with Crippen LogP contribution in [0.3, 0.4) is 0 Å².